The van der Waals surface area contributed by atoms with Crippen molar-refractivity contribution >= 4 is 37.6 Å². The van der Waals surface area contributed by atoms with E-state index in [0.717, 1.165) is 12.0 Å². The van der Waals surface area contributed by atoms with Crippen molar-refractivity contribution in [2.45, 2.75) is 44.0 Å². The third kappa shape index (κ3) is 4.20. The average Bonchev–Trinajstić information content (AvgIpc) is 2.37. The summed E-state index contributed by atoms with van der Waals surface area (Å²) in [5.41, 5.74) is 0.790. The summed E-state index contributed by atoms with van der Waals surface area (Å²) in [6, 6.07) is 5.12. The Morgan fingerprint density at radius 1 is 1.30 bits per heavy atom. The van der Waals surface area contributed by atoms with Gasteiger partial charge in [-0.2, -0.15) is 4.31 Å². The van der Waals surface area contributed by atoms with Gasteiger partial charge in [-0.1, -0.05) is 19.9 Å². The van der Waals surface area contributed by atoms with E-state index in [0.29, 0.717) is 16.3 Å². The standard InChI is InChI=1S/C14H21BrClNO2S/c1-10(2)7-11(3)17(4)20(18,19)14-8-12(9-16)5-6-13(14)15/h5-6,8,10-11H,7,9H2,1-4H3. The van der Waals surface area contributed by atoms with E-state index in [4.69, 9.17) is 11.6 Å². The molecule has 1 aromatic carbocycles. The van der Waals surface area contributed by atoms with Gasteiger partial charge in [0.25, 0.3) is 0 Å². The quantitative estimate of drug-likeness (QED) is 0.690. The Morgan fingerprint density at radius 3 is 2.40 bits per heavy atom. The average molecular weight is 383 g/mol. The van der Waals surface area contributed by atoms with Crippen molar-refractivity contribution in [2.75, 3.05) is 7.05 Å². The molecule has 1 unspecified atom stereocenters. The number of benzene rings is 1. The van der Waals surface area contributed by atoms with Crippen molar-refractivity contribution < 1.29 is 8.42 Å². The third-order valence-electron chi connectivity index (χ3n) is 3.24. The number of alkyl halides is 1. The molecule has 6 heteroatoms. The fraction of sp³-hybridized carbons (Fsp3) is 0.571. The molecule has 0 aliphatic rings. The Balaban J connectivity index is 3.16. The van der Waals surface area contributed by atoms with Crippen LogP contribution in [0.4, 0.5) is 0 Å². The molecule has 0 heterocycles. The Bertz CT molecular complexity index is 560. The van der Waals surface area contributed by atoms with Crippen LogP contribution in [-0.2, 0) is 15.9 Å². The lowest BCUT2D eigenvalue weighted by atomic mass is 10.1. The molecule has 0 fully saturated rings. The first-order valence-electron chi connectivity index (χ1n) is 6.52. The smallest absolute Gasteiger partial charge is 0.207 e. The summed E-state index contributed by atoms with van der Waals surface area (Å²) < 4.78 is 27.4. The summed E-state index contributed by atoms with van der Waals surface area (Å²) in [7, 11) is -1.89. The Hall–Kier alpha value is -0.100. The normalized spacial score (nSPS) is 14.0. The summed E-state index contributed by atoms with van der Waals surface area (Å²) >= 11 is 9.10. The Kier molecular flexibility index (Phi) is 6.51. The zero-order valence-electron chi connectivity index (χ0n) is 12.2. The van der Waals surface area contributed by atoms with E-state index in [1.54, 1.807) is 19.2 Å². The summed E-state index contributed by atoms with van der Waals surface area (Å²) in [5, 5.41) is 0. The van der Waals surface area contributed by atoms with E-state index in [9.17, 15) is 8.42 Å². The van der Waals surface area contributed by atoms with Gasteiger partial charge >= 0.3 is 0 Å². The van der Waals surface area contributed by atoms with Gasteiger partial charge < -0.3 is 0 Å². The molecule has 1 atom stereocenters. The summed E-state index contributed by atoms with van der Waals surface area (Å²) in [6.45, 7) is 6.10. The molecule has 0 N–H and O–H groups in total. The Labute approximate surface area is 135 Å². The molecule has 114 valence electrons. The molecule has 0 bridgehead atoms. The van der Waals surface area contributed by atoms with Gasteiger partial charge in [-0.25, -0.2) is 8.42 Å². The van der Waals surface area contributed by atoms with E-state index in [1.165, 1.54) is 4.31 Å². The maximum Gasteiger partial charge on any atom is 0.244 e. The van der Waals surface area contributed by atoms with Crippen LogP contribution >= 0.6 is 27.5 Å². The first-order valence-corrected chi connectivity index (χ1v) is 9.29. The molecule has 1 rings (SSSR count). The Morgan fingerprint density at radius 2 is 1.90 bits per heavy atom. The van der Waals surface area contributed by atoms with Crippen LogP contribution in [0.3, 0.4) is 0 Å². The second-order valence-corrected chi connectivity index (χ2v) is 8.49. The van der Waals surface area contributed by atoms with Crippen LogP contribution in [0.1, 0.15) is 32.8 Å². The lowest BCUT2D eigenvalue weighted by Gasteiger charge is -2.26. The second-order valence-electron chi connectivity index (χ2n) is 5.40. The van der Waals surface area contributed by atoms with Crippen LogP contribution < -0.4 is 0 Å². The predicted molar refractivity (Wildman–Crippen MR) is 87.6 cm³/mol. The lowest BCUT2D eigenvalue weighted by molar-refractivity contribution is 0.337. The van der Waals surface area contributed by atoms with Crippen molar-refractivity contribution in [2.24, 2.45) is 5.92 Å². The van der Waals surface area contributed by atoms with Crippen molar-refractivity contribution in [3.8, 4) is 0 Å². The highest BCUT2D eigenvalue weighted by Gasteiger charge is 2.27. The molecule has 0 radical (unpaired) electrons. The van der Waals surface area contributed by atoms with Crippen molar-refractivity contribution in [1.29, 1.82) is 0 Å². The lowest BCUT2D eigenvalue weighted by Crippen LogP contribution is -2.36. The summed E-state index contributed by atoms with van der Waals surface area (Å²) in [5.74, 6) is 0.737. The van der Waals surface area contributed by atoms with Crippen LogP contribution in [-0.4, -0.2) is 25.8 Å². The van der Waals surface area contributed by atoms with Gasteiger partial charge in [-0.05, 0) is 52.9 Å². The SMILES string of the molecule is CC(C)CC(C)N(C)S(=O)(=O)c1cc(CCl)ccc1Br. The molecule has 0 aliphatic carbocycles. The number of hydrogen-bond acceptors (Lipinski definition) is 2. The van der Waals surface area contributed by atoms with E-state index >= 15 is 0 Å². The molecular weight excluding hydrogens is 362 g/mol. The van der Waals surface area contributed by atoms with Gasteiger partial charge in [-0.3, -0.25) is 0 Å². The van der Waals surface area contributed by atoms with Gasteiger partial charge in [0.15, 0.2) is 0 Å². The minimum absolute atomic E-state index is 0.0495. The first-order chi connectivity index (χ1) is 9.20. The summed E-state index contributed by atoms with van der Waals surface area (Å²) in [6.07, 6.45) is 0.822. The van der Waals surface area contributed by atoms with Gasteiger partial charge in [0.05, 0.1) is 4.90 Å². The third-order valence-corrected chi connectivity index (χ3v) is 6.51. The number of rotatable bonds is 6. The van der Waals surface area contributed by atoms with Crippen molar-refractivity contribution in [3.63, 3.8) is 0 Å². The molecule has 0 aromatic heterocycles. The van der Waals surface area contributed by atoms with Crippen LogP contribution in [0.15, 0.2) is 27.6 Å². The van der Waals surface area contributed by atoms with Gasteiger partial charge in [0.2, 0.25) is 10.0 Å². The van der Waals surface area contributed by atoms with Crippen LogP contribution in [0.25, 0.3) is 0 Å². The predicted octanol–water partition coefficient (Wildman–Crippen LogP) is 4.24. The molecule has 3 nitrogen and oxygen atoms in total. The van der Waals surface area contributed by atoms with Gasteiger partial charge in [-0.15, -0.1) is 11.6 Å². The molecule has 0 saturated heterocycles. The monoisotopic (exact) mass is 381 g/mol. The molecule has 20 heavy (non-hydrogen) atoms. The second kappa shape index (κ2) is 7.25. The van der Waals surface area contributed by atoms with Crippen LogP contribution in [0, 0.1) is 5.92 Å². The van der Waals surface area contributed by atoms with E-state index in [1.807, 2.05) is 13.0 Å². The van der Waals surface area contributed by atoms with E-state index in [2.05, 4.69) is 29.8 Å². The molecule has 0 saturated carbocycles. The van der Waals surface area contributed by atoms with E-state index in [-0.39, 0.29) is 10.9 Å². The summed E-state index contributed by atoms with van der Waals surface area (Å²) in [4.78, 5) is 0.272. The molecule has 0 aliphatic heterocycles. The largest absolute Gasteiger partial charge is 0.244 e. The highest BCUT2D eigenvalue weighted by atomic mass is 79.9. The maximum absolute atomic E-state index is 12.7. The van der Waals surface area contributed by atoms with E-state index < -0.39 is 10.0 Å². The first kappa shape index (κ1) is 18.0. The zero-order chi connectivity index (χ0) is 15.5. The highest BCUT2D eigenvalue weighted by molar-refractivity contribution is 9.10. The number of sulfonamides is 1. The molecule has 1 aromatic rings. The minimum Gasteiger partial charge on any atom is -0.207 e. The molecular formula is C14H21BrClNO2S. The topological polar surface area (TPSA) is 37.4 Å². The number of nitrogens with zero attached hydrogens (tertiary/aromatic N) is 1. The number of hydrogen-bond donors (Lipinski definition) is 0. The molecule has 0 amide bonds. The van der Waals surface area contributed by atoms with Crippen molar-refractivity contribution in [1.82, 2.24) is 4.31 Å². The van der Waals surface area contributed by atoms with Crippen LogP contribution in [0.2, 0.25) is 0 Å². The van der Waals surface area contributed by atoms with Crippen molar-refractivity contribution in [3.05, 3.63) is 28.2 Å². The van der Waals surface area contributed by atoms with Gasteiger partial charge in [0.1, 0.15) is 0 Å². The maximum atomic E-state index is 12.7. The van der Waals surface area contributed by atoms with Crippen LogP contribution in [0.5, 0.6) is 0 Å². The fourth-order valence-corrected chi connectivity index (χ4v) is 4.56. The fourth-order valence-electron chi connectivity index (χ4n) is 2.05. The molecule has 0 spiro atoms. The zero-order valence-corrected chi connectivity index (χ0v) is 15.4. The number of halogens is 2. The minimum atomic E-state index is -3.52. The highest BCUT2D eigenvalue weighted by Crippen LogP contribution is 2.28. The van der Waals surface area contributed by atoms with Gasteiger partial charge in [0, 0.05) is 23.4 Å².